The summed E-state index contributed by atoms with van der Waals surface area (Å²) in [5.41, 5.74) is 0.578. The molecule has 1 amide bonds. The summed E-state index contributed by atoms with van der Waals surface area (Å²) >= 11 is 5.83. The molecule has 0 spiro atoms. The summed E-state index contributed by atoms with van der Waals surface area (Å²) in [5.74, 6) is -0.499. The van der Waals surface area contributed by atoms with Gasteiger partial charge in [0.05, 0.1) is 16.7 Å². The molecular weight excluding hydrogens is 269 g/mol. The second-order valence-corrected chi connectivity index (χ2v) is 5.48. The first kappa shape index (κ1) is 15.9. The number of hydrogen-bond donors (Lipinski definition) is 2. The van der Waals surface area contributed by atoms with Crippen LogP contribution in [0, 0.1) is 18.7 Å². The van der Waals surface area contributed by atoms with E-state index in [4.69, 9.17) is 11.6 Å². The van der Waals surface area contributed by atoms with Crippen LogP contribution in [0.5, 0.6) is 0 Å². The molecule has 0 radical (unpaired) electrons. The lowest BCUT2D eigenvalue weighted by atomic mass is 10.1. The van der Waals surface area contributed by atoms with Gasteiger partial charge in [0.2, 0.25) is 0 Å². The molecule has 1 rings (SSSR count). The predicted molar refractivity (Wildman–Crippen MR) is 73.9 cm³/mol. The first-order valence-electron chi connectivity index (χ1n) is 6.23. The van der Waals surface area contributed by atoms with Crippen molar-refractivity contribution in [3.63, 3.8) is 0 Å². The lowest BCUT2D eigenvalue weighted by molar-refractivity contribution is 0.0900. The quantitative estimate of drug-likeness (QED) is 0.875. The maximum atomic E-state index is 13.2. The molecule has 0 aliphatic heterocycles. The van der Waals surface area contributed by atoms with E-state index in [0.717, 1.165) is 6.07 Å². The van der Waals surface area contributed by atoms with Crippen molar-refractivity contribution in [1.29, 1.82) is 0 Å². The minimum atomic E-state index is -0.593. The van der Waals surface area contributed by atoms with Crippen LogP contribution in [0.1, 0.15) is 36.2 Å². The molecule has 0 heterocycles. The highest BCUT2D eigenvalue weighted by Crippen LogP contribution is 2.20. The summed E-state index contributed by atoms with van der Waals surface area (Å²) in [6.45, 7) is 5.70. The third-order valence-corrected chi connectivity index (χ3v) is 3.05. The molecule has 2 N–H and O–H groups in total. The zero-order chi connectivity index (χ0) is 14.6. The first-order chi connectivity index (χ1) is 8.81. The number of aliphatic hydroxyl groups is 1. The summed E-state index contributed by atoms with van der Waals surface area (Å²) < 4.78 is 13.2. The molecule has 5 heteroatoms. The van der Waals surface area contributed by atoms with Crippen molar-refractivity contribution >= 4 is 17.5 Å². The van der Waals surface area contributed by atoms with Gasteiger partial charge in [0, 0.05) is 6.54 Å². The second kappa shape index (κ2) is 6.87. The third kappa shape index (κ3) is 4.80. The SMILES string of the molecule is Cc1cc(C(=O)NCC(O)CC(C)C)c(Cl)cc1F. The Kier molecular flexibility index (Phi) is 5.76. The van der Waals surface area contributed by atoms with Gasteiger partial charge in [-0.1, -0.05) is 25.4 Å². The zero-order valence-electron chi connectivity index (χ0n) is 11.3. The van der Waals surface area contributed by atoms with E-state index in [-0.39, 0.29) is 17.1 Å². The summed E-state index contributed by atoms with van der Waals surface area (Å²) in [6.07, 6.45) is 0.0143. The maximum absolute atomic E-state index is 13.2. The van der Waals surface area contributed by atoms with E-state index in [1.54, 1.807) is 6.92 Å². The van der Waals surface area contributed by atoms with Crippen LogP contribution < -0.4 is 5.32 Å². The highest BCUT2D eigenvalue weighted by Gasteiger charge is 2.15. The molecule has 0 aromatic heterocycles. The Bertz CT molecular complexity index is 463. The fourth-order valence-electron chi connectivity index (χ4n) is 1.76. The molecule has 19 heavy (non-hydrogen) atoms. The Morgan fingerprint density at radius 1 is 1.47 bits per heavy atom. The van der Waals surface area contributed by atoms with Crippen molar-refractivity contribution in [3.05, 3.63) is 34.1 Å². The lowest BCUT2D eigenvalue weighted by Crippen LogP contribution is -2.33. The van der Waals surface area contributed by atoms with Gasteiger partial charge in [0.25, 0.3) is 5.91 Å². The van der Waals surface area contributed by atoms with Crippen molar-refractivity contribution in [2.45, 2.75) is 33.3 Å². The molecule has 3 nitrogen and oxygen atoms in total. The minimum Gasteiger partial charge on any atom is -0.391 e. The van der Waals surface area contributed by atoms with Gasteiger partial charge in [0.15, 0.2) is 0 Å². The normalized spacial score (nSPS) is 12.6. The van der Waals surface area contributed by atoms with Crippen LogP contribution >= 0.6 is 11.6 Å². The minimum absolute atomic E-state index is 0.0685. The maximum Gasteiger partial charge on any atom is 0.252 e. The van der Waals surface area contributed by atoms with Crippen LogP contribution in [0.3, 0.4) is 0 Å². The average molecular weight is 288 g/mol. The molecule has 0 fully saturated rings. The number of nitrogens with one attached hydrogen (secondary N) is 1. The smallest absolute Gasteiger partial charge is 0.252 e. The van der Waals surface area contributed by atoms with E-state index in [1.165, 1.54) is 6.07 Å². The molecular formula is C14H19ClFNO2. The zero-order valence-corrected chi connectivity index (χ0v) is 12.1. The highest BCUT2D eigenvalue weighted by atomic mass is 35.5. The Hall–Kier alpha value is -1.13. The second-order valence-electron chi connectivity index (χ2n) is 5.07. The van der Waals surface area contributed by atoms with E-state index < -0.39 is 17.8 Å². The van der Waals surface area contributed by atoms with E-state index >= 15 is 0 Å². The molecule has 0 aliphatic carbocycles. The van der Waals surface area contributed by atoms with Gasteiger partial charge in [-0.2, -0.15) is 0 Å². The monoisotopic (exact) mass is 287 g/mol. The number of rotatable bonds is 5. The number of carbonyl (C=O) groups excluding carboxylic acids is 1. The van der Waals surface area contributed by atoms with Crippen LogP contribution in [0.2, 0.25) is 5.02 Å². The number of carbonyl (C=O) groups is 1. The average Bonchev–Trinajstić information content (AvgIpc) is 2.30. The number of aryl methyl sites for hydroxylation is 1. The molecule has 0 aliphatic rings. The number of halogens is 2. The van der Waals surface area contributed by atoms with E-state index in [0.29, 0.717) is 17.9 Å². The van der Waals surface area contributed by atoms with E-state index in [9.17, 15) is 14.3 Å². The molecule has 0 saturated carbocycles. The predicted octanol–water partition coefficient (Wildman–Crippen LogP) is 2.92. The van der Waals surface area contributed by atoms with Crippen molar-refractivity contribution in [2.75, 3.05) is 6.54 Å². The highest BCUT2D eigenvalue weighted by molar-refractivity contribution is 6.33. The van der Waals surface area contributed by atoms with Gasteiger partial charge in [-0.25, -0.2) is 4.39 Å². The Morgan fingerprint density at radius 3 is 2.68 bits per heavy atom. The van der Waals surface area contributed by atoms with Crippen LogP contribution in [-0.2, 0) is 0 Å². The van der Waals surface area contributed by atoms with Crippen molar-refractivity contribution < 1.29 is 14.3 Å². The summed E-state index contributed by atoms with van der Waals surface area (Å²) in [6, 6.07) is 2.53. The van der Waals surface area contributed by atoms with E-state index in [2.05, 4.69) is 5.32 Å². The molecule has 1 aromatic rings. The number of amides is 1. The van der Waals surface area contributed by atoms with Gasteiger partial charge in [-0.05, 0) is 37.0 Å². The van der Waals surface area contributed by atoms with Crippen molar-refractivity contribution in [2.24, 2.45) is 5.92 Å². The van der Waals surface area contributed by atoms with Gasteiger partial charge >= 0.3 is 0 Å². The summed E-state index contributed by atoms with van der Waals surface area (Å²) in [7, 11) is 0. The van der Waals surface area contributed by atoms with Crippen molar-refractivity contribution in [1.82, 2.24) is 5.32 Å². The molecule has 106 valence electrons. The number of aliphatic hydroxyl groups excluding tert-OH is 1. The third-order valence-electron chi connectivity index (χ3n) is 2.73. The Morgan fingerprint density at radius 2 is 2.11 bits per heavy atom. The molecule has 1 aromatic carbocycles. The molecule has 0 bridgehead atoms. The first-order valence-corrected chi connectivity index (χ1v) is 6.61. The fourth-order valence-corrected chi connectivity index (χ4v) is 2.00. The molecule has 1 atom stereocenters. The lowest BCUT2D eigenvalue weighted by Gasteiger charge is -2.14. The van der Waals surface area contributed by atoms with Crippen molar-refractivity contribution in [3.8, 4) is 0 Å². The summed E-state index contributed by atoms with van der Waals surface area (Å²) in [4.78, 5) is 11.9. The number of benzene rings is 1. The Balaban J connectivity index is 2.66. The van der Waals surface area contributed by atoms with Crippen LogP contribution in [-0.4, -0.2) is 23.7 Å². The topological polar surface area (TPSA) is 49.3 Å². The van der Waals surface area contributed by atoms with Gasteiger partial charge in [-0.3, -0.25) is 4.79 Å². The standard InChI is InChI=1S/C14H19ClFNO2/c1-8(2)4-10(18)7-17-14(19)11-5-9(3)13(16)6-12(11)15/h5-6,8,10,18H,4,7H2,1-3H3,(H,17,19). The summed E-state index contributed by atoms with van der Waals surface area (Å²) in [5, 5.41) is 12.3. The van der Waals surface area contributed by atoms with Gasteiger partial charge in [-0.15, -0.1) is 0 Å². The number of hydrogen-bond acceptors (Lipinski definition) is 2. The van der Waals surface area contributed by atoms with Crippen LogP contribution in [0.15, 0.2) is 12.1 Å². The van der Waals surface area contributed by atoms with Gasteiger partial charge < -0.3 is 10.4 Å². The molecule has 0 saturated heterocycles. The van der Waals surface area contributed by atoms with Crippen LogP contribution in [0.25, 0.3) is 0 Å². The van der Waals surface area contributed by atoms with Gasteiger partial charge in [0.1, 0.15) is 5.82 Å². The Labute approximate surface area is 117 Å². The largest absolute Gasteiger partial charge is 0.391 e. The van der Waals surface area contributed by atoms with E-state index in [1.807, 2.05) is 13.8 Å². The van der Waals surface area contributed by atoms with Crippen LogP contribution in [0.4, 0.5) is 4.39 Å². The fraction of sp³-hybridized carbons (Fsp3) is 0.500. The molecule has 1 unspecified atom stereocenters.